The van der Waals surface area contributed by atoms with Gasteiger partial charge in [0.1, 0.15) is 17.2 Å². The Labute approximate surface area is 192 Å². The Balaban J connectivity index is 1.93. The van der Waals surface area contributed by atoms with Crippen LogP contribution in [0.5, 0.6) is 17.2 Å². The summed E-state index contributed by atoms with van der Waals surface area (Å²) in [5, 5.41) is 11.7. The molecule has 0 spiro atoms. The van der Waals surface area contributed by atoms with E-state index in [1.54, 1.807) is 24.3 Å². The van der Waals surface area contributed by atoms with Gasteiger partial charge >= 0.3 is 0 Å². The van der Waals surface area contributed by atoms with Gasteiger partial charge in [0, 0.05) is 5.54 Å². The van der Waals surface area contributed by atoms with Crippen LogP contribution in [0, 0.1) is 21.7 Å². The molecule has 0 heterocycles. The summed E-state index contributed by atoms with van der Waals surface area (Å²) in [5.74, 6) is -0.204. The van der Waals surface area contributed by atoms with Crippen LogP contribution in [0.4, 0.5) is 14.5 Å². The van der Waals surface area contributed by atoms with Crippen molar-refractivity contribution in [3.05, 3.63) is 93.0 Å². The molecule has 3 aromatic rings. The minimum absolute atomic E-state index is 0.106. The van der Waals surface area contributed by atoms with Gasteiger partial charge < -0.3 is 18.6 Å². The Morgan fingerprint density at radius 2 is 1.39 bits per heavy atom. The minimum atomic E-state index is -1.43. The van der Waals surface area contributed by atoms with Gasteiger partial charge in [-0.25, -0.2) is 8.78 Å². The zero-order valence-electron chi connectivity index (χ0n) is 18.3. The van der Waals surface area contributed by atoms with E-state index in [0.717, 1.165) is 11.1 Å². The largest absolute Gasteiger partial charge is 0.492 e. The summed E-state index contributed by atoms with van der Waals surface area (Å²) >= 11 is 0. The van der Waals surface area contributed by atoms with E-state index < -0.39 is 14.7 Å². The van der Waals surface area contributed by atoms with Crippen LogP contribution in [0.3, 0.4) is 0 Å². The molecule has 0 saturated heterocycles. The van der Waals surface area contributed by atoms with Crippen molar-refractivity contribution in [3.8, 4) is 17.2 Å². The number of ether oxygens (including phenoxy) is 3. The van der Waals surface area contributed by atoms with E-state index in [2.05, 4.69) is 0 Å². The van der Waals surface area contributed by atoms with Crippen LogP contribution >= 0.6 is 0 Å². The Hall–Kier alpha value is -3.50. The van der Waals surface area contributed by atoms with Crippen molar-refractivity contribution in [1.29, 1.82) is 0 Å². The Morgan fingerprint density at radius 1 is 0.879 bits per heavy atom. The first-order valence-corrected chi connectivity index (χ1v) is 11.3. The number of nitrogens with zero attached hydrogens (tertiary/aromatic N) is 1. The predicted octanol–water partition coefficient (Wildman–Crippen LogP) is 4.29. The molecule has 0 saturated carbocycles. The maximum atomic E-state index is 13.4. The Kier molecular flexibility index (Phi) is 7.96. The lowest BCUT2D eigenvalue weighted by atomic mass is 10.0. The van der Waals surface area contributed by atoms with Crippen LogP contribution in [0.2, 0.25) is 0 Å². The van der Waals surface area contributed by atoms with E-state index in [4.69, 9.17) is 18.6 Å². The lowest BCUT2D eigenvalue weighted by Gasteiger charge is -2.19. The fourth-order valence-corrected chi connectivity index (χ4v) is 5.05. The monoisotopic (exact) mass is 475 g/mol. The highest BCUT2D eigenvalue weighted by Gasteiger charge is 2.27. The lowest BCUT2D eigenvalue weighted by molar-refractivity contribution is -0.386. The number of nitro groups is 1. The summed E-state index contributed by atoms with van der Waals surface area (Å²) in [6.45, 7) is -0.106. The van der Waals surface area contributed by atoms with Crippen LogP contribution in [-0.2, 0) is 11.0 Å². The zero-order chi connectivity index (χ0) is 24.0. The Bertz CT molecular complexity index is 1060. The van der Waals surface area contributed by atoms with Gasteiger partial charge in [0.25, 0.3) is 5.69 Å². The van der Waals surface area contributed by atoms with Crippen LogP contribution in [-0.4, -0.2) is 36.0 Å². The normalized spacial score (nSPS) is 11.2. The summed E-state index contributed by atoms with van der Waals surface area (Å²) in [6, 6.07) is 13.3. The molecule has 0 radical (unpaired) electrons. The molecule has 0 atom stereocenters. The van der Waals surface area contributed by atoms with Crippen LogP contribution in [0.25, 0.3) is 0 Å². The van der Waals surface area contributed by atoms with E-state index in [0.29, 0.717) is 0 Å². The molecule has 0 amide bonds. The highest BCUT2D eigenvalue weighted by atomic mass is 28.2. The van der Waals surface area contributed by atoms with Gasteiger partial charge in [-0.05, 0) is 35.4 Å². The molecule has 0 aliphatic rings. The van der Waals surface area contributed by atoms with E-state index >= 15 is 0 Å². The summed E-state index contributed by atoms with van der Waals surface area (Å²) in [5.41, 5.74) is 1.38. The third-order valence-electron chi connectivity index (χ3n) is 5.18. The molecule has 3 aromatic carbocycles. The first kappa shape index (κ1) is 24.1. The summed E-state index contributed by atoms with van der Waals surface area (Å²) in [7, 11) is 2.73. The average molecular weight is 476 g/mol. The molecule has 0 bridgehead atoms. The molecule has 0 unspecified atom stereocenters. The van der Waals surface area contributed by atoms with Gasteiger partial charge in [-0.15, -0.1) is 0 Å². The highest BCUT2D eigenvalue weighted by molar-refractivity contribution is 6.31. The van der Waals surface area contributed by atoms with E-state index in [-0.39, 0.29) is 52.3 Å². The molecule has 174 valence electrons. The fourth-order valence-electron chi connectivity index (χ4n) is 3.56. The third-order valence-corrected chi connectivity index (χ3v) is 6.90. The van der Waals surface area contributed by atoms with Crippen LogP contribution in [0.1, 0.15) is 22.2 Å². The summed E-state index contributed by atoms with van der Waals surface area (Å²) in [4.78, 5) is 11.2. The molecule has 10 heteroatoms. The molecule has 7 nitrogen and oxygen atoms in total. The van der Waals surface area contributed by atoms with E-state index in [9.17, 15) is 18.9 Å². The second-order valence-electron chi connectivity index (χ2n) is 7.07. The van der Waals surface area contributed by atoms with Crippen molar-refractivity contribution < 1.29 is 32.3 Å². The number of nitro benzene ring substituents is 1. The summed E-state index contributed by atoms with van der Waals surface area (Å²) < 4.78 is 48.9. The van der Waals surface area contributed by atoms with Crippen LogP contribution < -0.4 is 14.2 Å². The highest BCUT2D eigenvalue weighted by Crippen LogP contribution is 2.45. The second-order valence-corrected chi connectivity index (χ2v) is 8.63. The Morgan fingerprint density at radius 3 is 1.82 bits per heavy atom. The molecule has 0 fully saturated rings. The van der Waals surface area contributed by atoms with Crippen molar-refractivity contribution in [1.82, 2.24) is 0 Å². The van der Waals surface area contributed by atoms with Gasteiger partial charge in [0.2, 0.25) is 5.75 Å². The first-order chi connectivity index (χ1) is 15.9. The van der Waals surface area contributed by atoms with Crippen molar-refractivity contribution in [3.63, 3.8) is 0 Å². The maximum absolute atomic E-state index is 13.4. The van der Waals surface area contributed by atoms with Gasteiger partial charge in [-0.2, -0.15) is 0 Å². The van der Waals surface area contributed by atoms with Crippen LogP contribution in [0.15, 0.2) is 54.6 Å². The standard InChI is InChI=1S/C23H23F2NO6Si/c1-29-20-12-19(26(27)28)18(21(30-2)22(20)31-3)13-32-33-23(14-4-8-16(24)9-5-14)15-6-10-17(25)11-7-15/h4-12,23H,13,33H2,1-3H3. The number of methoxy groups -OCH3 is 3. The average Bonchev–Trinajstić information content (AvgIpc) is 2.82. The lowest BCUT2D eigenvalue weighted by Crippen LogP contribution is -2.15. The molecule has 33 heavy (non-hydrogen) atoms. The van der Waals surface area contributed by atoms with Crippen molar-refractivity contribution in [2.24, 2.45) is 0 Å². The third kappa shape index (κ3) is 5.47. The van der Waals surface area contributed by atoms with Crippen molar-refractivity contribution in [2.45, 2.75) is 12.1 Å². The number of hydrogen-bond donors (Lipinski definition) is 0. The molecular weight excluding hydrogens is 452 g/mol. The number of hydrogen-bond acceptors (Lipinski definition) is 6. The second kappa shape index (κ2) is 10.9. The van der Waals surface area contributed by atoms with Gasteiger partial charge in [0.15, 0.2) is 21.3 Å². The quantitative estimate of drug-likeness (QED) is 0.247. The molecule has 0 N–H and O–H groups in total. The molecule has 0 aromatic heterocycles. The van der Waals surface area contributed by atoms with Gasteiger partial charge in [0.05, 0.1) is 38.9 Å². The number of rotatable bonds is 10. The first-order valence-electron chi connectivity index (χ1n) is 9.94. The van der Waals surface area contributed by atoms with E-state index in [1.165, 1.54) is 51.7 Å². The van der Waals surface area contributed by atoms with E-state index in [1.807, 2.05) is 0 Å². The molecule has 3 rings (SSSR count). The molecule has 0 aliphatic heterocycles. The molecular formula is C23H23F2NO6Si. The number of benzene rings is 3. The van der Waals surface area contributed by atoms with Gasteiger partial charge in [-0.1, -0.05) is 24.3 Å². The number of halogens is 2. The maximum Gasteiger partial charge on any atom is 0.282 e. The topological polar surface area (TPSA) is 80.1 Å². The van der Waals surface area contributed by atoms with Crippen molar-refractivity contribution >= 4 is 15.5 Å². The fraction of sp³-hybridized carbons (Fsp3) is 0.217. The predicted molar refractivity (Wildman–Crippen MR) is 121 cm³/mol. The molecule has 0 aliphatic carbocycles. The summed E-state index contributed by atoms with van der Waals surface area (Å²) in [6.07, 6.45) is 0. The SMILES string of the molecule is COc1cc([N+](=O)[O-])c(CO[SiH2]C(c2ccc(F)cc2)c2ccc(F)cc2)c(OC)c1OC. The zero-order valence-corrected chi connectivity index (χ0v) is 19.8. The van der Waals surface area contributed by atoms with Crippen molar-refractivity contribution in [2.75, 3.05) is 21.3 Å². The minimum Gasteiger partial charge on any atom is -0.492 e. The van der Waals surface area contributed by atoms with Gasteiger partial charge in [-0.3, -0.25) is 10.1 Å². The smallest absolute Gasteiger partial charge is 0.282 e.